The maximum atomic E-state index is 11.9. The zero-order valence-electron chi connectivity index (χ0n) is 14.3. The van der Waals surface area contributed by atoms with Gasteiger partial charge in [0.05, 0.1) is 0 Å². The molecule has 1 unspecified atom stereocenters. The topological polar surface area (TPSA) is 54.4 Å². The number of Topliss-reactive ketones (excluding diaryl/α,β-unsaturated/α-hetero) is 1. The lowest BCUT2D eigenvalue weighted by Crippen LogP contribution is -2.53. The quantitative estimate of drug-likeness (QED) is 0.788. The van der Waals surface area contributed by atoms with Gasteiger partial charge in [0.15, 0.2) is 0 Å². The molecule has 126 valence electrons. The summed E-state index contributed by atoms with van der Waals surface area (Å²) in [5.74, 6) is 2.16. The summed E-state index contributed by atoms with van der Waals surface area (Å²) in [6, 6.07) is 0. The number of hydrogen-bond donors (Lipinski definition) is 1. The average Bonchev–Trinajstić information content (AvgIpc) is 2.85. The number of rotatable bonds is 1. The molecule has 4 rings (SSSR count). The second kappa shape index (κ2) is 4.94. The number of carbonyl (C=O) groups excluding carboxylic acids is 1. The fourth-order valence-corrected chi connectivity index (χ4v) is 6.94. The molecule has 0 heterocycles. The highest BCUT2D eigenvalue weighted by Gasteiger charge is 2.59. The highest BCUT2D eigenvalue weighted by atomic mass is 16.4. The van der Waals surface area contributed by atoms with E-state index in [0.717, 1.165) is 38.5 Å². The Morgan fingerprint density at radius 1 is 1.17 bits per heavy atom. The van der Waals surface area contributed by atoms with Crippen molar-refractivity contribution in [2.75, 3.05) is 0 Å². The smallest absolute Gasteiger partial charge is 0.331 e. The van der Waals surface area contributed by atoms with Crippen molar-refractivity contribution >= 4 is 11.8 Å². The number of carboxylic acids is 1. The standard InChI is InChI=1S/C20H28O3/c1-19-9-7-13(21)11-12(19)3-4-14-15-5-6-17(18(22)23)20(15,2)10-8-16(14)19/h6,12,14-16H,3-5,7-11H2,1-2H3,(H,22,23)/t12?,14-,15-,16-,19-,20-/m0/s1. The molecule has 0 aromatic heterocycles. The van der Waals surface area contributed by atoms with E-state index in [4.69, 9.17) is 0 Å². The van der Waals surface area contributed by atoms with E-state index in [0.29, 0.717) is 40.4 Å². The fourth-order valence-electron chi connectivity index (χ4n) is 6.94. The van der Waals surface area contributed by atoms with E-state index in [1.165, 1.54) is 12.8 Å². The number of aliphatic carboxylic acids is 1. The first-order valence-electron chi connectivity index (χ1n) is 9.32. The van der Waals surface area contributed by atoms with Crippen LogP contribution in [0, 0.1) is 34.5 Å². The Morgan fingerprint density at radius 3 is 2.70 bits per heavy atom. The number of fused-ring (bicyclic) bond motifs is 5. The van der Waals surface area contributed by atoms with E-state index in [9.17, 15) is 14.7 Å². The number of allylic oxidation sites excluding steroid dienone is 1. The first-order valence-corrected chi connectivity index (χ1v) is 9.32. The van der Waals surface area contributed by atoms with Gasteiger partial charge in [0.25, 0.3) is 0 Å². The van der Waals surface area contributed by atoms with Gasteiger partial charge in [-0.05, 0) is 67.6 Å². The van der Waals surface area contributed by atoms with E-state index in [1.54, 1.807) is 0 Å². The minimum absolute atomic E-state index is 0.124. The molecule has 0 saturated heterocycles. The van der Waals surface area contributed by atoms with Gasteiger partial charge in [-0.15, -0.1) is 0 Å². The normalized spacial score (nSPS) is 49.0. The van der Waals surface area contributed by atoms with Crippen molar-refractivity contribution in [1.29, 1.82) is 0 Å². The third-order valence-corrected chi connectivity index (χ3v) is 8.29. The molecule has 23 heavy (non-hydrogen) atoms. The molecule has 3 nitrogen and oxygen atoms in total. The summed E-state index contributed by atoms with van der Waals surface area (Å²) >= 11 is 0. The Labute approximate surface area is 138 Å². The predicted molar refractivity (Wildman–Crippen MR) is 87.8 cm³/mol. The number of hydrogen-bond acceptors (Lipinski definition) is 2. The summed E-state index contributed by atoms with van der Waals surface area (Å²) in [5, 5.41) is 9.57. The summed E-state index contributed by atoms with van der Waals surface area (Å²) < 4.78 is 0. The van der Waals surface area contributed by atoms with E-state index in [2.05, 4.69) is 13.8 Å². The van der Waals surface area contributed by atoms with Crippen LogP contribution < -0.4 is 0 Å². The van der Waals surface area contributed by atoms with E-state index in [1.807, 2.05) is 6.08 Å². The van der Waals surface area contributed by atoms with Gasteiger partial charge in [-0.2, -0.15) is 0 Å². The molecule has 3 saturated carbocycles. The molecular weight excluding hydrogens is 288 g/mol. The lowest BCUT2D eigenvalue weighted by Gasteiger charge is -2.59. The largest absolute Gasteiger partial charge is 0.478 e. The Balaban J connectivity index is 1.63. The van der Waals surface area contributed by atoms with Crippen molar-refractivity contribution in [3.8, 4) is 0 Å². The Kier molecular flexibility index (Phi) is 3.31. The second-order valence-electron chi connectivity index (χ2n) is 9.01. The lowest BCUT2D eigenvalue weighted by molar-refractivity contribution is -0.141. The monoisotopic (exact) mass is 316 g/mol. The third kappa shape index (κ3) is 2.01. The number of ketones is 1. The maximum Gasteiger partial charge on any atom is 0.331 e. The Hall–Kier alpha value is -1.12. The van der Waals surface area contributed by atoms with Gasteiger partial charge in [0.1, 0.15) is 5.78 Å². The van der Waals surface area contributed by atoms with Crippen LogP contribution >= 0.6 is 0 Å². The highest BCUT2D eigenvalue weighted by molar-refractivity contribution is 5.89. The van der Waals surface area contributed by atoms with E-state index in [-0.39, 0.29) is 5.41 Å². The lowest BCUT2D eigenvalue weighted by atomic mass is 9.45. The molecule has 0 aromatic carbocycles. The SMILES string of the molecule is C[C@]12CCC(=O)CC1CC[C@@H]1[C@@H]2CC[C@]2(C)C(C(=O)O)=CC[C@@H]12. The van der Waals surface area contributed by atoms with Crippen molar-refractivity contribution in [3.05, 3.63) is 11.6 Å². The van der Waals surface area contributed by atoms with E-state index < -0.39 is 5.97 Å². The van der Waals surface area contributed by atoms with Gasteiger partial charge in [-0.25, -0.2) is 4.79 Å². The van der Waals surface area contributed by atoms with Crippen LogP contribution in [0.25, 0.3) is 0 Å². The molecule has 1 N–H and O–H groups in total. The highest BCUT2D eigenvalue weighted by Crippen LogP contribution is 2.66. The Morgan fingerprint density at radius 2 is 1.96 bits per heavy atom. The molecule has 6 atom stereocenters. The van der Waals surface area contributed by atoms with Crippen molar-refractivity contribution in [2.45, 2.75) is 65.2 Å². The van der Waals surface area contributed by atoms with Gasteiger partial charge < -0.3 is 5.11 Å². The molecule has 4 aliphatic carbocycles. The third-order valence-electron chi connectivity index (χ3n) is 8.29. The number of carboxylic acid groups (broad SMARTS) is 1. The summed E-state index contributed by atoms with van der Waals surface area (Å²) in [7, 11) is 0. The van der Waals surface area contributed by atoms with Crippen LogP contribution in [0.15, 0.2) is 11.6 Å². The summed E-state index contributed by atoms with van der Waals surface area (Å²) in [5.41, 5.74) is 0.859. The van der Waals surface area contributed by atoms with Crippen LogP contribution in [0.5, 0.6) is 0 Å². The zero-order chi connectivity index (χ0) is 16.4. The van der Waals surface area contributed by atoms with Crippen LogP contribution in [0.4, 0.5) is 0 Å². The molecule has 4 aliphatic rings. The van der Waals surface area contributed by atoms with Crippen molar-refractivity contribution in [1.82, 2.24) is 0 Å². The van der Waals surface area contributed by atoms with Crippen molar-refractivity contribution in [2.24, 2.45) is 34.5 Å². The minimum Gasteiger partial charge on any atom is -0.478 e. The van der Waals surface area contributed by atoms with Crippen LogP contribution in [0.3, 0.4) is 0 Å². The molecule has 3 heteroatoms. The fraction of sp³-hybridized carbons (Fsp3) is 0.800. The van der Waals surface area contributed by atoms with Gasteiger partial charge >= 0.3 is 5.97 Å². The van der Waals surface area contributed by atoms with Crippen LogP contribution in [0.2, 0.25) is 0 Å². The molecule has 0 amide bonds. The molecular formula is C20H28O3. The van der Waals surface area contributed by atoms with Crippen molar-refractivity contribution in [3.63, 3.8) is 0 Å². The molecule has 0 aromatic rings. The van der Waals surface area contributed by atoms with Crippen LogP contribution in [-0.2, 0) is 9.59 Å². The molecule has 0 aliphatic heterocycles. The van der Waals surface area contributed by atoms with E-state index >= 15 is 0 Å². The Bertz CT molecular complexity index is 592. The maximum absolute atomic E-state index is 11.9. The molecule has 0 spiro atoms. The van der Waals surface area contributed by atoms with Gasteiger partial charge in [0.2, 0.25) is 0 Å². The minimum atomic E-state index is -0.711. The molecule has 0 bridgehead atoms. The molecule has 3 fully saturated rings. The molecule has 0 radical (unpaired) electrons. The van der Waals surface area contributed by atoms with Gasteiger partial charge in [-0.1, -0.05) is 19.9 Å². The second-order valence-corrected chi connectivity index (χ2v) is 9.01. The van der Waals surface area contributed by atoms with Crippen molar-refractivity contribution < 1.29 is 14.7 Å². The van der Waals surface area contributed by atoms with Gasteiger partial charge in [-0.3, -0.25) is 4.79 Å². The first-order chi connectivity index (χ1) is 10.9. The summed E-state index contributed by atoms with van der Waals surface area (Å²) in [6.45, 7) is 4.63. The summed E-state index contributed by atoms with van der Waals surface area (Å²) in [6.07, 6.45) is 10.1. The zero-order valence-corrected chi connectivity index (χ0v) is 14.3. The number of carbonyl (C=O) groups is 2. The first kappa shape index (κ1) is 15.4. The van der Waals surface area contributed by atoms with Crippen LogP contribution in [-0.4, -0.2) is 16.9 Å². The van der Waals surface area contributed by atoms with Gasteiger partial charge in [0, 0.05) is 23.8 Å². The predicted octanol–water partition coefficient (Wildman–Crippen LogP) is 4.22. The average molecular weight is 316 g/mol. The van der Waals surface area contributed by atoms with Crippen LogP contribution in [0.1, 0.15) is 65.2 Å². The summed E-state index contributed by atoms with van der Waals surface area (Å²) in [4.78, 5) is 23.5.